The summed E-state index contributed by atoms with van der Waals surface area (Å²) in [6, 6.07) is 28.2. The van der Waals surface area contributed by atoms with Gasteiger partial charge in [-0.3, -0.25) is 0 Å². The van der Waals surface area contributed by atoms with Gasteiger partial charge in [0.05, 0.1) is 11.4 Å². The van der Waals surface area contributed by atoms with Crippen molar-refractivity contribution in [3.05, 3.63) is 114 Å². The zero-order chi connectivity index (χ0) is 22.1. The van der Waals surface area contributed by atoms with Gasteiger partial charge in [0.1, 0.15) is 6.17 Å². The molecule has 0 radical (unpaired) electrons. The molecular weight excluding hydrogens is 376 g/mol. The minimum Gasteiger partial charge on any atom is -0.359 e. The van der Waals surface area contributed by atoms with Crippen LogP contribution >= 0.6 is 0 Å². The molecule has 2 unspecified atom stereocenters. The fourth-order valence-electron chi connectivity index (χ4n) is 4.02. The van der Waals surface area contributed by atoms with Crippen molar-refractivity contribution in [3.8, 4) is 0 Å². The maximum atomic E-state index is 3.70. The third-order valence-electron chi connectivity index (χ3n) is 5.41. The van der Waals surface area contributed by atoms with E-state index in [4.69, 9.17) is 0 Å². The number of rotatable bonds is 3. The Labute approximate surface area is 187 Å². The molecule has 0 saturated heterocycles. The highest BCUT2D eigenvalue weighted by molar-refractivity contribution is 5.83. The van der Waals surface area contributed by atoms with Crippen LogP contribution in [0.1, 0.15) is 57.3 Å². The Morgan fingerprint density at radius 3 is 2.03 bits per heavy atom. The predicted octanol–water partition coefficient (Wildman–Crippen LogP) is 8.60. The highest BCUT2D eigenvalue weighted by atomic mass is 15.3. The maximum absolute atomic E-state index is 3.70. The van der Waals surface area contributed by atoms with Crippen LogP contribution in [0.25, 0.3) is 0 Å². The van der Waals surface area contributed by atoms with Gasteiger partial charge in [-0.2, -0.15) is 0 Å². The molecule has 3 aromatic rings. The molecule has 31 heavy (non-hydrogen) atoms. The van der Waals surface area contributed by atoms with Crippen LogP contribution in [0.3, 0.4) is 0 Å². The summed E-state index contributed by atoms with van der Waals surface area (Å²) in [7, 11) is 0. The SMILES string of the molecule is C1=CCC(c2ccc(C3Nc4ccccc4N3c3ccccc3)cc2)C=C1.CC.CC. The lowest BCUT2D eigenvalue weighted by Gasteiger charge is -2.27. The number of allylic oxidation sites excluding steroid dienone is 4. The molecule has 1 heterocycles. The van der Waals surface area contributed by atoms with E-state index >= 15 is 0 Å². The van der Waals surface area contributed by atoms with Crippen LogP contribution in [0.15, 0.2) is 103 Å². The molecule has 1 aliphatic heterocycles. The van der Waals surface area contributed by atoms with E-state index < -0.39 is 0 Å². The molecule has 0 spiro atoms. The van der Waals surface area contributed by atoms with Gasteiger partial charge >= 0.3 is 0 Å². The van der Waals surface area contributed by atoms with Crippen LogP contribution in [0.2, 0.25) is 0 Å². The van der Waals surface area contributed by atoms with Crippen LogP contribution in [0.5, 0.6) is 0 Å². The summed E-state index contributed by atoms with van der Waals surface area (Å²) in [6.07, 6.45) is 9.98. The summed E-state index contributed by atoms with van der Waals surface area (Å²) >= 11 is 0. The first-order valence-electron chi connectivity index (χ1n) is 11.5. The molecule has 0 bridgehead atoms. The number of anilines is 3. The second-order valence-electron chi connectivity index (χ2n) is 7.09. The van der Waals surface area contributed by atoms with E-state index in [1.54, 1.807) is 0 Å². The Hall–Kier alpha value is -3.26. The molecule has 0 aromatic heterocycles. The van der Waals surface area contributed by atoms with Crippen molar-refractivity contribution in [2.24, 2.45) is 0 Å². The molecule has 1 aliphatic carbocycles. The zero-order valence-electron chi connectivity index (χ0n) is 19.1. The number of nitrogens with one attached hydrogen (secondary N) is 1. The Kier molecular flexibility index (Phi) is 8.12. The molecule has 2 aliphatic rings. The van der Waals surface area contributed by atoms with Crippen molar-refractivity contribution in [1.29, 1.82) is 0 Å². The number of benzene rings is 3. The molecule has 0 fully saturated rings. The molecule has 2 heteroatoms. The standard InChI is InChI=1S/C25H22N2.2C2H6/c1-3-9-19(10-4-1)20-15-17-21(18-16-20)25-26-23-13-7-8-14-24(23)27(25)22-11-5-2-6-12-22;2*1-2/h1-9,11-19,25-26H,10H2;2*1-2H3. The van der Waals surface area contributed by atoms with Gasteiger partial charge in [-0.05, 0) is 41.8 Å². The second-order valence-corrected chi connectivity index (χ2v) is 7.09. The van der Waals surface area contributed by atoms with Crippen molar-refractivity contribution >= 4 is 17.1 Å². The molecular formula is C29H34N2. The van der Waals surface area contributed by atoms with Gasteiger partial charge < -0.3 is 10.2 Å². The van der Waals surface area contributed by atoms with Gasteiger partial charge in [-0.1, -0.05) is 107 Å². The third kappa shape index (κ3) is 4.91. The summed E-state index contributed by atoms with van der Waals surface area (Å²) < 4.78 is 0. The van der Waals surface area contributed by atoms with E-state index in [0.717, 1.165) is 6.42 Å². The van der Waals surface area contributed by atoms with Gasteiger partial charge in [-0.15, -0.1) is 0 Å². The van der Waals surface area contributed by atoms with Crippen LogP contribution in [0, 0.1) is 0 Å². The highest BCUT2D eigenvalue weighted by Gasteiger charge is 2.30. The van der Waals surface area contributed by atoms with Crippen LogP contribution < -0.4 is 10.2 Å². The first kappa shape index (κ1) is 22.4. The Morgan fingerprint density at radius 2 is 1.35 bits per heavy atom. The molecule has 2 nitrogen and oxygen atoms in total. The first-order chi connectivity index (χ1) is 15.4. The minimum absolute atomic E-state index is 0.0978. The lowest BCUT2D eigenvalue weighted by atomic mass is 9.92. The lowest BCUT2D eigenvalue weighted by molar-refractivity contribution is 0.819. The number of hydrogen-bond donors (Lipinski definition) is 1. The fraction of sp³-hybridized carbons (Fsp3) is 0.241. The van der Waals surface area contributed by atoms with Crippen molar-refractivity contribution in [2.45, 2.75) is 46.2 Å². The molecule has 0 amide bonds. The Morgan fingerprint density at radius 1 is 0.710 bits per heavy atom. The summed E-state index contributed by atoms with van der Waals surface area (Å²) in [6.45, 7) is 8.00. The normalized spacial score (nSPS) is 18.1. The van der Waals surface area contributed by atoms with Crippen molar-refractivity contribution in [1.82, 2.24) is 0 Å². The first-order valence-corrected chi connectivity index (χ1v) is 11.5. The molecule has 5 rings (SSSR count). The molecule has 2 atom stereocenters. The van der Waals surface area contributed by atoms with Crippen molar-refractivity contribution in [2.75, 3.05) is 10.2 Å². The minimum atomic E-state index is 0.0978. The zero-order valence-corrected chi connectivity index (χ0v) is 19.1. The van der Waals surface area contributed by atoms with Crippen molar-refractivity contribution < 1.29 is 0 Å². The van der Waals surface area contributed by atoms with E-state index in [1.807, 2.05) is 27.7 Å². The summed E-state index contributed by atoms with van der Waals surface area (Å²) in [5.41, 5.74) is 6.24. The molecule has 0 saturated carbocycles. The van der Waals surface area contributed by atoms with Gasteiger partial charge in [0.25, 0.3) is 0 Å². The Bertz CT molecular complexity index is 987. The van der Waals surface area contributed by atoms with Gasteiger partial charge in [0.2, 0.25) is 0 Å². The van der Waals surface area contributed by atoms with Gasteiger partial charge in [0, 0.05) is 11.6 Å². The third-order valence-corrected chi connectivity index (χ3v) is 5.41. The molecule has 1 N–H and O–H groups in total. The largest absolute Gasteiger partial charge is 0.359 e. The van der Waals surface area contributed by atoms with E-state index in [0.29, 0.717) is 5.92 Å². The summed E-state index contributed by atoms with van der Waals surface area (Å²) in [5, 5.41) is 3.70. The Balaban J connectivity index is 0.000000645. The quantitative estimate of drug-likeness (QED) is 0.465. The number of para-hydroxylation sites is 3. The molecule has 160 valence electrons. The van der Waals surface area contributed by atoms with E-state index in [2.05, 4.69) is 113 Å². The highest BCUT2D eigenvalue weighted by Crippen LogP contribution is 2.45. The van der Waals surface area contributed by atoms with Crippen molar-refractivity contribution in [3.63, 3.8) is 0 Å². The average Bonchev–Trinajstić information content (AvgIpc) is 3.27. The van der Waals surface area contributed by atoms with Crippen LogP contribution in [-0.2, 0) is 0 Å². The van der Waals surface area contributed by atoms with E-state index in [1.165, 1.54) is 28.2 Å². The topological polar surface area (TPSA) is 15.3 Å². The van der Waals surface area contributed by atoms with E-state index in [9.17, 15) is 0 Å². The van der Waals surface area contributed by atoms with Crippen LogP contribution in [-0.4, -0.2) is 0 Å². The van der Waals surface area contributed by atoms with Gasteiger partial charge in [0.15, 0.2) is 0 Å². The predicted molar refractivity (Wildman–Crippen MR) is 136 cm³/mol. The van der Waals surface area contributed by atoms with Crippen LogP contribution in [0.4, 0.5) is 17.1 Å². The lowest BCUT2D eigenvalue weighted by Crippen LogP contribution is -2.23. The second kappa shape index (κ2) is 11.2. The average molecular weight is 411 g/mol. The molecule has 3 aromatic carbocycles. The summed E-state index contributed by atoms with van der Waals surface area (Å²) in [5.74, 6) is 0.489. The maximum Gasteiger partial charge on any atom is 0.130 e. The number of hydrogen-bond acceptors (Lipinski definition) is 2. The monoisotopic (exact) mass is 410 g/mol. The number of fused-ring (bicyclic) bond motifs is 1. The summed E-state index contributed by atoms with van der Waals surface area (Å²) in [4.78, 5) is 2.38. The number of nitrogens with zero attached hydrogens (tertiary/aromatic N) is 1. The fourth-order valence-corrected chi connectivity index (χ4v) is 4.02. The van der Waals surface area contributed by atoms with Gasteiger partial charge in [-0.25, -0.2) is 0 Å². The van der Waals surface area contributed by atoms with E-state index in [-0.39, 0.29) is 6.17 Å². The smallest absolute Gasteiger partial charge is 0.130 e.